The fourth-order valence-corrected chi connectivity index (χ4v) is 2.88. The summed E-state index contributed by atoms with van der Waals surface area (Å²) < 4.78 is 5.20. The molecule has 1 atom stereocenters. The van der Waals surface area contributed by atoms with Gasteiger partial charge in [-0.2, -0.15) is 0 Å². The van der Waals surface area contributed by atoms with Gasteiger partial charge in [0.2, 0.25) is 0 Å². The van der Waals surface area contributed by atoms with Crippen molar-refractivity contribution in [2.75, 3.05) is 7.11 Å². The average Bonchev–Trinajstić information content (AvgIpc) is 2.74. The van der Waals surface area contributed by atoms with E-state index in [4.69, 9.17) is 27.9 Å². The number of hydrogen-bond donors (Lipinski definition) is 1. The first-order valence-electron chi connectivity index (χ1n) is 4.88. The van der Waals surface area contributed by atoms with Gasteiger partial charge in [0.25, 0.3) is 0 Å². The molecule has 0 spiro atoms. The lowest BCUT2D eigenvalue weighted by Gasteiger charge is -2.14. The first-order chi connectivity index (χ1) is 8.13. The topological polar surface area (TPSA) is 29.5 Å². The van der Waals surface area contributed by atoms with E-state index in [2.05, 4.69) is 0 Å². The third kappa shape index (κ3) is 2.58. The van der Waals surface area contributed by atoms with E-state index in [1.54, 1.807) is 24.3 Å². The highest BCUT2D eigenvalue weighted by Crippen LogP contribution is 2.37. The fourth-order valence-electron chi connectivity index (χ4n) is 1.55. The molecular weight excluding hydrogens is 279 g/mol. The number of halogens is 2. The van der Waals surface area contributed by atoms with Crippen molar-refractivity contribution >= 4 is 34.5 Å². The zero-order chi connectivity index (χ0) is 12.4. The molecule has 0 saturated carbocycles. The van der Waals surface area contributed by atoms with Crippen LogP contribution in [-0.2, 0) is 0 Å². The number of methoxy groups -OCH3 is 1. The largest absolute Gasteiger partial charge is 0.496 e. The second-order valence-electron chi connectivity index (χ2n) is 3.42. The summed E-state index contributed by atoms with van der Waals surface area (Å²) in [6.45, 7) is 0. The number of hydrogen-bond acceptors (Lipinski definition) is 3. The highest BCUT2D eigenvalue weighted by molar-refractivity contribution is 7.10. The Kier molecular flexibility index (Phi) is 3.94. The summed E-state index contributed by atoms with van der Waals surface area (Å²) >= 11 is 13.3. The number of rotatable bonds is 3. The number of benzene rings is 1. The zero-order valence-electron chi connectivity index (χ0n) is 8.98. The molecule has 2 nitrogen and oxygen atoms in total. The summed E-state index contributed by atoms with van der Waals surface area (Å²) in [6, 6.07) is 6.88. The van der Waals surface area contributed by atoms with E-state index in [9.17, 15) is 5.11 Å². The standard InChI is InChI=1S/C12H10Cl2O2S/c1-16-10-6-7(13)2-3-8(10)11(15)12-9(14)4-5-17-12/h2-6,11,15H,1H3. The summed E-state index contributed by atoms with van der Waals surface area (Å²) in [5.74, 6) is 0.550. The highest BCUT2D eigenvalue weighted by atomic mass is 35.5. The molecule has 5 heteroatoms. The third-order valence-corrected chi connectivity index (χ3v) is 4.03. The third-order valence-electron chi connectivity index (χ3n) is 2.38. The van der Waals surface area contributed by atoms with Gasteiger partial charge in [0, 0.05) is 10.6 Å². The van der Waals surface area contributed by atoms with Crippen molar-refractivity contribution in [3.8, 4) is 5.75 Å². The minimum absolute atomic E-state index is 0.550. The van der Waals surface area contributed by atoms with Gasteiger partial charge in [-0.25, -0.2) is 0 Å². The molecule has 90 valence electrons. The normalized spacial score (nSPS) is 12.5. The van der Waals surface area contributed by atoms with Gasteiger partial charge in [-0.1, -0.05) is 29.3 Å². The molecule has 0 amide bonds. The molecule has 17 heavy (non-hydrogen) atoms. The molecule has 1 N–H and O–H groups in total. The van der Waals surface area contributed by atoms with Crippen LogP contribution in [0.15, 0.2) is 29.6 Å². The Morgan fingerprint density at radius 1 is 1.29 bits per heavy atom. The maximum absolute atomic E-state index is 10.3. The molecule has 1 heterocycles. The minimum Gasteiger partial charge on any atom is -0.496 e. The zero-order valence-corrected chi connectivity index (χ0v) is 11.3. The van der Waals surface area contributed by atoms with Crippen LogP contribution in [0.4, 0.5) is 0 Å². The monoisotopic (exact) mass is 288 g/mol. The van der Waals surface area contributed by atoms with Gasteiger partial charge in [0.15, 0.2) is 0 Å². The Balaban J connectivity index is 2.44. The van der Waals surface area contributed by atoms with Gasteiger partial charge >= 0.3 is 0 Å². The van der Waals surface area contributed by atoms with Crippen LogP contribution in [0.2, 0.25) is 10.0 Å². The van der Waals surface area contributed by atoms with Crippen molar-refractivity contribution in [3.63, 3.8) is 0 Å². The van der Waals surface area contributed by atoms with E-state index in [0.29, 0.717) is 26.2 Å². The van der Waals surface area contributed by atoms with Crippen LogP contribution in [0.3, 0.4) is 0 Å². The van der Waals surface area contributed by atoms with Crippen molar-refractivity contribution in [1.82, 2.24) is 0 Å². The van der Waals surface area contributed by atoms with Crippen molar-refractivity contribution in [1.29, 1.82) is 0 Å². The second kappa shape index (κ2) is 5.27. The molecule has 0 saturated heterocycles. The van der Waals surface area contributed by atoms with E-state index in [-0.39, 0.29) is 0 Å². The molecule has 0 aliphatic rings. The van der Waals surface area contributed by atoms with Crippen LogP contribution in [0.5, 0.6) is 5.75 Å². The fraction of sp³-hybridized carbons (Fsp3) is 0.167. The van der Waals surface area contributed by atoms with Gasteiger partial charge in [0.05, 0.1) is 17.0 Å². The Morgan fingerprint density at radius 3 is 2.65 bits per heavy atom. The Hall–Kier alpha value is -0.740. The molecule has 0 radical (unpaired) electrons. The first-order valence-corrected chi connectivity index (χ1v) is 6.51. The van der Waals surface area contributed by atoms with Crippen LogP contribution in [0, 0.1) is 0 Å². The predicted octanol–water partition coefficient (Wildman–Crippen LogP) is 4.15. The molecule has 1 aromatic carbocycles. The molecule has 0 fully saturated rings. The predicted molar refractivity (Wildman–Crippen MR) is 71.4 cm³/mol. The average molecular weight is 289 g/mol. The SMILES string of the molecule is COc1cc(Cl)ccc1C(O)c1sccc1Cl. The van der Waals surface area contributed by atoms with Crippen molar-refractivity contribution < 1.29 is 9.84 Å². The first kappa shape index (κ1) is 12.7. The quantitative estimate of drug-likeness (QED) is 0.920. The Bertz CT molecular complexity index is 525. The van der Waals surface area contributed by atoms with E-state index < -0.39 is 6.10 Å². The number of aliphatic hydroxyl groups excluding tert-OH is 1. The van der Waals surface area contributed by atoms with Crippen molar-refractivity contribution in [3.05, 3.63) is 50.1 Å². The summed E-state index contributed by atoms with van der Waals surface area (Å²) in [5.41, 5.74) is 0.654. The maximum atomic E-state index is 10.3. The van der Waals surface area contributed by atoms with Gasteiger partial charge in [-0.05, 0) is 23.6 Å². The van der Waals surface area contributed by atoms with E-state index >= 15 is 0 Å². The lowest BCUT2D eigenvalue weighted by molar-refractivity contribution is 0.218. The minimum atomic E-state index is -0.797. The second-order valence-corrected chi connectivity index (χ2v) is 5.21. The van der Waals surface area contributed by atoms with Crippen LogP contribution in [-0.4, -0.2) is 12.2 Å². The Morgan fingerprint density at radius 2 is 2.06 bits per heavy atom. The van der Waals surface area contributed by atoms with E-state index in [0.717, 1.165) is 0 Å². The summed E-state index contributed by atoms with van der Waals surface area (Å²) in [7, 11) is 1.54. The van der Waals surface area contributed by atoms with Gasteiger partial charge in [-0.3, -0.25) is 0 Å². The van der Waals surface area contributed by atoms with E-state index in [1.165, 1.54) is 18.4 Å². The molecular formula is C12H10Cl2O2S. The van der Waals surface area contributed by atoms with E-state index in [1.807, 2.05) is 5.38 Å². The van der Waals surface area contributed by atoms with Crippen molar-refractivity contribution in [2.45, 2.75) is 6.10 Å². The molecule has 0 bridgehead atoms. The summed E-state index contributed by atoms with van der Waals surface area (Å²) in [4.78, 5) is 0.701. The number of thiophene rings is 1. The maximum Gasteiger partial charge on any atom is 0.126 e. The van der Waals surface area contributed by atoms with Crippen LogP contribution < -0.4 is 4.74 Å². The van der Waals surface area contributed by atoms with Gasteiger partial charge in [-0.15, -0.1) is 11.3 Å². The Labute approximate surface area is 113 Å². The summed E-state index contributed by atoms with van der Waals surface area (Å²) in [6.07, 6.45) is -0.797. The number of aliphatic hydroxyl groups is 1. The van der Waals surface area contributed by atoms with Gasteiger partial charge < -0.3 is 9.84 Å². The van der Waals surface area contributed by atoms with Crippen LogP contribution >= 0.6 is 34.5 Å². The molecule has 0 aliphatic carbocycles. The molecule has 1 unspecified atom stereocenters. The smallest absolute Gasteiger partial charge is 0.126 e. The lowest BCUT2D eigenvalue weighted by Crippen LogP contribution is -2.01. The molecule has 2 aromatic rings. The van der Waals surface area contributed by atoms with Crippen LogP contribution in [0.25, 0.3) is 0 Å². The molecule has 0 aliphatic heterocycles. The number of ether oxygens (including phenoxy) is 1. The highest BCUT2D eigenvalue weighted by Gasteiger charge is 2.19. The van der Waals surface area contributed by atoms with Crippen molar-refractivity contribution in [2.24, 2.45) is 0 Å². The molecule has 2 rings (SSSR count). The van der Waals surface area contributed by atoms with Gasteiger partial charge in [0.1, 0.15) is 11.9 Å². The molecule has 1 aromatic heterocycles. The summed E-state index contributed by atoms with van der Waals surface area (Å²) in [5, 5.41) is 13.2. The van der Waals surface area contributed by atoms with Crippen LogP contribution in [0.1, 0.15) is 16.5 Å². The lowest BCUT2D eigenvalue weighted by atomic mass is 10.1.